The Morgan fingerprint density at radius 3 is 2.46 bits per heavy atom. The van der Waals surface area contributed by atoms with E-state index in [2.05, 4.69) is 26.1 Å². The first kappa shape index (κ1) is 16.5. The summed E-state index contributed by atoms with van der Waals surface area (Å²) in [6, 6.07) is 11.6. The van der Waals surface area contributed by atoms with Gasteiger partial charge in [0.2, 0.25) is 5.91 Å². The molecule has 0 unspecified atom stereocenters. The van der Waals surface area contributed by atoms with Crippen LogP contribution in [-0.4, -0.2) is 11.0 Å². The minimum absolute atomic E-state index is 0.0651. The van der Waals surface area contributed by atoms with Crippen molar-refractivity contribution in [2.75, 3.05) is 5.32 Å². The lowest BCUT2D eigenvalue weighted by atomic mass is 9.87. The number of anilines is 1. The van der Waals surface area contributed by atoms with E-state index in [0.717, 1.165) is 17.5 Å². The second-order valence-corrected chi connectivity index (χ2v) is 7.47. The lowest BCUT2D eigenvalue weighted by Gasteiger charge is -2.20. The minimum Gasteiger partial charge on any atom is -0.506 e. The van der Waals surface area contributed by atoms with Crippen molar-refractivity contribution >= 4 is 11.6 Å². The Hall–Kier alpha value is -2.36. The standard InChI is InChI=1S/C20H22FNO2/c1-20(2,3)13-6-9-18(23)17(10-13)22-19(24)16-11-15(16)12-4-7-14(21)8-5-12/h4-10,15-16,23H,11H2,1-3H3,(H,22,24)/t15-,16+/m1/s1. The fraction of sp³-hybridized carbons (Fsp3) is 0.350. The monoisotopic (exact) mass is 327 g/mol. The van der Waals surface area contributed by atoms with Crippen molar-refractivity contribution in [2.45, 2.75) is 38.5 Å². The summed E-state index contributed by atoms with van der Waals surface area (Å²) in [5.74, 6) is -0.322. The van der Waals surface area contributed by atoms with Crippen molar-refractivity contribution in [2.24, 2.45) is 5.92 Å². The molecule has 2 atom stereocenters. The molecule has 24 heavy (non-hydrogen) atoms. The van der Waals surface area contributed by atoms with Crippen molar-refractivity contribution < 1.29 is 14.3 Å². The maximum Gasteiger partial charge on any atom is 0.228 e. The number of carbonyl (C=O) groups excluding carboxylic acids is 1. The lowest BCUT2D eigenvalue weighted by molar-refractivity contribution is -0.117. The summed E-state index contributed by atoms with van der Waals surface area (Å²) in [6.07, 6.45) is 0.747. The van der Waals surface area contributed by atoms with E-state index >= 15 is 0 Å². The number of benzene rings is 2. The molecule has 1 amide bonds. The normalized spacial score (nSPS) is 19.8. The Bertz CT molecular complexity index is 762. The van der Waals surface area contributed by atoms with Crippen molar-refractivity contribution in [3.05, 3.63) is 59.4 Å². The molecule has 0 radical (unpaired) electrons. The second kappa shape index (κ2) is 5.93. The Balaban J connectivity index is 1.71. The molecule has 4 heteroatoms. The molecule has 2 aromatic rings. The summed E-state index contributed by atoms with van der Waals surface area (Å²) < 4.78 is 13.0. The summed E-state index contributed by atoms with van der Waals surface area (Å²) >= 11 is 0. The largest absolute Gasteiger partial charge is 0.506 e. The van der Waals surface area contributed by atoms with Gasteiger partial charge in [0.1, 0.15) is 11.6 Å². The number of nitrogens with one attached hydrogen (secondary N) is 1. The Morgan fingerprint density at radius 2 is 1.83 bits per heavy atom. The van der Waals surface area contributed by atoms with Crippen molar-refractivity contribution in [3.63, 3.8) is 0 Å². The molecule has 1 aliphatic carbocycles. The van der Waals surface area contributed by atoms with Gasteiger partial charge in [-0.2, -0.15) is 0 Å². The molecule has 2 aromatic carbocycles. The molecular weight excluding hydrogens is 305 g/mol. The molecule has 2 N–H and O–H groups in total. The van der Waals surface area contributed by atoms with Crippen LogP contribution < -0.4 is 5.32 Å². The Labute approximate surface area is 141 Å². The SMILES string of the molecule is CC(C)(C)c1ccc(O)c(NC(=O)[C@H]2C[C@@H]2c2ccc(F)cc2)c1. The number of halogens is 1. The minimum atomic E-state index is -0.274. The van der Waals surface area contributed by atoms with E-state index in [1.165, 1.54) is 12.1 Å². The predicted molar refractivity (Wildman–Crippen MR) is 92.7 cm³/mol. The lowest BCUT2D eigenvalue weighted by Crippen LogP contribution is -2.16. The number of carbonyl (C=O) groups is 1. The molecule has 1 saturated carbocycles. The first-order valence-corrected chi connectivity index (χ1v) is 8.15. The molecule has 0 saturated heterocycles. The summed E-state index contributed by atoms with van der Waals surface area (Å²) in [6.45, 7) is 6.24. The average Bonchev–Trinajstić information content (AvgIpc) is 3.29. The third-order valence-corrected chi connectivity index (χ3v) is 4.55. The zero-order chi connectivity index (χ0) is 17.5. The maximum absolute atomic E-state index is 13.0. The van der Waals surface area contributed by atoms with Gasteiger partial charge in [0.25, 0.3) is 0 Å². The highest BCUT2D eigenvalue weighted by Crippen LogP contribution is 2.48. The van der Waals surface area contributed by atoms with Crippen LogP contribution in [-0.2, 0) is 10.2 Å². The number of rotatable bonds is 3. The van der Waals surface area contributed by atoms with Crippen molar-refractivity contribution in [1.82, 2.24) is 0 Å². The predicted octanol–water partition coefficient (Wildman–Crippen LogP) is 4.57. The number of phenols is 1. The molecule has 0 spiro atoms. The van der Waals surface area contributed by atoms with E-state index in [9.17, 15) is 14.3 Å². The zero-order valence-electron chi connectivity index (χ0n) is 14.1. The molecule has 0 heterocycles. The molecule has 3 rings (SSSR count). The quantitative estimate of drug-likeness (QED) is 0.811. The Morgan fingerprint density at radius 1 is 1.17 bits per heavy atom. The van der Waals surface area contributed by atoms with Crippen LogP contribution in [0.1, 0.15) is 44.2 Å². The van der Waals surface area contributed by atoms with Gasteiger partial charge < -0.3 is 10.4 Å². The Kier molecular flexibility index (Phi) is 4.08. The number of amides is 1. The molecule has 0 aliphatic heterocycles. The van der Waals surface area contributed by atoms with Gasteiger partial charge in [0, 0.05) is 5.92 Å². The molecular formula is C20H22FNO2. The van der Waals surface area contributed by atoms with Crippen LogP contribution >= 0.6 is 0 Å². The van der Waals surface area contributed by atoms with Gasteiger partial charge in [-0.25, -0.2) is 4.39 Å². The first-order chi connectivity index (χ1) is 11.3. The van der Waals surface area contributed by atoms with E-state index < -0.39 is 0 Å². The van der Waals surface area contributed by atoms with E-state index in [-0.39, 0.29) is 34.7 Å². The van der Waals surface area contributed by atoms with Gasteiger partial charge in [0.15, 0.2) is 0 Å². The molecule has 3 nitrogen and oxygen atoms in total. The van der Waals surface area contributed by atoms with Gasteiger partial charge in [-0.15, -0.1) is 0 Å². The van der Waals surface area contributed by atoms with Gasteiger partial charge in [-0.05, 0) is 53.1 Å². The van der Waals surface area contributed by atoms with Crippen LogP contribution in [0.2, 0.25) is 0 Å². The van der Waals surface area contributed by atoms with Crippen LogP contribution in [0, 0.1) is 11.7 Å². The molecule has 0 aromatic heterocycles. The number of phenolic OH excluding ortho intramolecular Hbond substituents is 1. The smallest absolute Gasteiger partial charge is 0.228 e. The molecule has 1 fully saturated rings. The summed E-state index contributed by atoms with van der Waals surface area (Å²) in [4.78, 5) is 12.4. The molecule has 0 bridgehead atoms. The maximum atomic E-state index is 13.0. The van der Waals surface area contributed by atoms with Gasteiger partial charge in [-0.1, -0.05) is 39.0 Å². The van der Waals surface area contributed by atoms with Gasteiger partial charge in [-0.3, -0.25) is 4.79 Å². The van der Waals surface area contributed by atoms with E-state index in [1.807, 2.05) is 12.1 Å². The number of hydrogen-bond donors (Lipinski definition) is 2. The van der Waals surface area contributed by atoms with E-state index in [0.29, 0.717) is 5.69 Å². The van der Waals surface area contributed by atoms with Crippen LogP contribution in [0.15, 0.2) is 42.5 Å². The van der Waals surface area contributed by atoms with E-state index in [4.69, 9.17) is 0 Å². The second-order valence-electron chi connectivity index (χ2n) is 7.47. The molecule has 126 valence electrons. The van der Waals surface area contributed by atoms with Crippen LogP contribution in [0.5, 0.6) is 5.75 Å². The van der Waals surface area contributed by atoms with Crippen LogP contribution in [0.4, 0.5) is 10.1 Å². The third-order valence-electron chi connectivity index (χ3n) is 4.55. The highest BCUT2D eigenvalue weighted by Gasteiger charge is 2.44. The van der Waals surface area contributed by atoms with Crippen LogP contribution in [0.3, 0.4) is 0 Å². The first-order valence-electron chi connectivity index (χ1n) is 8.15. The zero-order valence-corrected chi connectivity index (χ0v) is 14.1. The number of hydrogen-bond acceptors (Lipinski definition) is 2. The summed E-state index contributed by atoms with van der Waals surface area (Å²) in [5, 5.41) is 12.8. The summed E-state index contributed by atoms with van der Waals surface area (Å²) in [5.41, 5.74) is 2.39. The number of aromatic hydroxyl groups is 1. The van der Waals surface area contributed by atoms with Crippen molar-refractivity contribution in [1.29, 1.82) is 0 Å². The highest BCUT2D eigenvalue weighted by atomic mass is 19.1. The fourth-order valence-corrected chi connectivity index (χ4v) is 2.89. The van der Waals surface area contributed by atoms with Crippen LogP contribution in [0.25, 0.3) is 0 Å². The van der Waals surface area contributed by atoms with Gasteiger partial charge >= 0.3 is 0 Å². The topological polar surface area (TPSA) is 49.3 Å². The van der Waals surface area contributed by atoms with E-state index in [1.54, 1.807) is 18.2 Å². The van der Waals surface area contributed by atoms with Crippen molar-refractivity contribution in [3.8, 4) is 5.75 Å². The highest BCUT2D eigenvalue weighted by molar-refractivity contribution is 5.96. The fourth-order valence-electron chi connectivity index (χ4n) is 2.89. The summed E-state index contributed by atoms with van der Waals surface area (Å²) in [7, 11) is 0. The van der Waals surface area contributed by atoms with Gasteiger partial charge in [0.05, 0.1) is 5.69 Å². The molecule has 1 aliphatic rings. The third kappa shape index (κ3) is 3.42. The average molecular weight is 327 g/mol.